The molecule has 0 bridgehead atoms. The number of carbonyl (C=O) groups is 1. The highest BCUT2D eigenvalue weighted by molar-refractivity contribution is 7.92. The van der Waals surface area contributed by atoms with Crippen molar-refractivity contribution >= 4 is 38.9 Å². The van der Waals surface area contributed by atoms with Crippen molar-refractivity contribution in [3.05, 3.63) is 80.7 Å². The van der Waals surface area contributed by atoms with Crippen LogP contribution < -0.4 is 24.8 Å². The number of hydrogen-bond acceptors (Lipinski definition) is 6. The molecule has 0 spiro atoms. The highest BCUT2D eigenvalue weighted by Gasteiger charge is 2.35. The highest BCUT2D eigenvalue weighted by atomic mass is 35.5. The molecule has 0 saturated heterocycles. The highest BCUT2D eigenvalue weighted by Crippen LogP contribution is 2.39. The SMILES string of the molecule is CNCC(=O)N1CN(S(C)(=O)=O)c2ccc(-n3c(C)cc(OCc4ccc(F)cc4F)c(Cl)c3=O)cc21. The van der Waals surface area contributed by atoms with E-state index in [-0.39, 0.29) is 42.1 Å². The Morgan fingerprint density at radius 1 is 1.14 bits per heavy atom. The maximum absolute atomic E-state index is 14.0. The normalized spacial score (nSPS) is 13.1. The minimum atomic E-state index is -3.67. The van der Waals surface area contributed by atoms with Gasteiger partial charge in [0.1, 0.15) is 35.7 Å². The summed E-state index contributed by atoms with van der Waals surface area (Å²) in [6.45, 7) is 1.13. The van der Waals surface area contributed by atoms with E-state index in [9.17, 15) is 26.8 Å². The predicted octanol–water partition coefficient (Wildman–Crippen LogP) is 2.95. The van der Waals surface area contributed by atoms with Crippen molar-refractivity contribution in [2.75, 3.05) is 35.7 Å². The molecule has 1 N–H and O–H groups in total. The summed E-state index contributed by atoms with van der Waals surface area (Å²) < 4.78 is 59.7. The van der Waals surface area contributed by atoms with Gasteiger partial charge in [-0.3, -0.25) is 19.1 Å². The standard InChI is InChI=1S/C24H23ClF2N4O5S/c1-14-8-21(36-12-15-4-5-16(26)9-18(15)27)23(25)24(33)31(14)17-6-7-19-20(10-17)29(22(32)11-28-2)13-30(19)37(3,34)35/h4-10,28H,11-13H2,1-3H3. The Labute approximate surface area is 216 Å². The number of rotatable bonds is 7. The van der Waals surface area contributed by atoms with E-state index in [1.165, 1.54) is 33.7 Å². The average molecular weight is 553 g/mol. The first kappa shape index (κ1) is 26.6. The number of amides is 1. The molecule has 9 nitrogen and oxygen atoms in total. The van der Waals surface area contributed by atoms with E-state index >= 15 is 0 Å². The van der Waals surface area contributed by atoms with E-state index < -0.39 is 27.2 Å². The maximum Gasteiger partial charge on any atom is 0.277 e. The molecule has 37 heavy (non-hydrogen) atoms. The summed E-state index contributed by atoms with van der Waals surface area (Å²) in [4.78, 5) is 27.2. The minimum Gasteiger partial charge on any atom is -0.487 e. The Hall–Kier alpha value is -3.48. The van der Waals surface area contributed by atoms with Gasteiger partial charge in [-0.2, -0.15) is 0 Å². The van der Waals surface area contributed by atoms with Gasteiger partial charge < -0.3 is 10.1 Å². The third-order valence-electron chi connectivity index (χ3n) is 5.77. The first-order valence-corrected chi connectivity index (χ1v) is 13.2. The summed E-state index contributed by atoms with van der Waals surface area (Å²) in [7, 11) is -2.08. The number of hydrogen-bond donors (Lipinski definition) is 1. The van der Waals surface area contributed by atoms with Crippen molar-refractivity contribution in [3.8, 4) is 11.4 Å². The summed E-state index contributed by atoms with van der Waals surface area (Å²) in [6, 6.07) is 9.14. The topological polar surface area (TPSA) is 101 Å². The number of halogens is 3. The molecule has 0 aliphatic carbocycles. The summed E-state index contributed by atoms with van der Waals surface area (Å²) >= 11 is 6.30. The van der Waals surface area contributed by atoms with Gasteiger partial charge in [0, 0.05) is 23.4 Å². The molecule has 0 fully saturated rings. The first-order valence-electron chi connectivity index (χ1n) is 11.0. The molecule has 13 heteroatoms. The van der Waals surface area contributed by atoms with Crippen LogP contribution in [0.4, 0.5) is 20.2 Å². The van der Waals surface area contributed by atoms with Crippen LogP contribution >= 0.6 is 11.6 Å². The quantitative estimate of drug-likeness (QED) is 0.484. The molecule has 1 aliphatic rings. The Morgan fingerprint density at radius 3 is 2.51 bits per heavy atom. The molecule has 1 aromatic heterocycles. The molecule has 0 radical (unpaired) electrons. The van der Waals surface area contributed by atoms with Gasteiger partial charge in [0.25, 0.3) is 5.56 Å². The van der Waals surface area contributed by atoms with Crippen LogP contribution in [0, 0.1) is 18.6 Å². The zero-order chi connectivity index (χ0) is 27.1. The Kier molecular flexibility index (Phi) is 7.27. The van der Waals surface area contributed by atoms with Crippen molar-refractivity contribution in [1.29, 1.82) is 0 Å². The second kappa shape index (κ2) is 10.1. The summed E-state index contributed by atoms with van der Waals surface area (Å²) in [5.41, 5.74) is 0.820. The van der Waals surface area contributed by atoms with Crippen LogP contribution in [0.5, 0.6) is 5.75 Å². The molecule has 0 unspecified atom stereocenters. The van der Waals surface area contributed by atoms with E-state index in [1.807, 2.05) is 0 Å². The Balaban J connectivity index is 1.72. The fourth-order valence-electron chi connectivity index (χ4n) is 4.00. The number of aromatic nitrogens is 1. The molecule has 196 valence electrons. The number of anilines is 2. The number of fused-ring (bicyclic) bond motifs is 1. The largest absolute Gasteiger partial charge is 0.487 e. The fourth-order valence-corrected chi connectivity index (χ4v) is 5.03. The van der Waals surface area contributed by atoms with Gasteiger partial charge in [-0.05, 0) is 44.3 Å². The van der Waals surface area contributed by atoms with Crippen LogP contribution in [0.2, 0.25) is 5.02 Å². The predicted molar refractivity (Wildman–Crippen MR) is 136 cm³/mol. The number of nitrogens with zero attached hydrogens (tertiary/aromatic N) is 3. The van der Waals surface area contributed by atoms with Gasteiger partial charge in [0.15, 0.2) is 0 Å². The average Bonchev–Trinajstić information content (AvgIpc) is 3.21. The van der Waals surface area contributed by atoms with Gasteiger partial charge in [0.2, 0.25) is 15.9 Å². The smallest absolute Gasteiger partial charge is 0.277 e. The third kappa shape index (κ3) is 5.17. The zero-order valence-electron chi connectivity index (χ0n) is 20.1. The first-order chi connectivity index (χ1) is 17.4. The summed E-state index contributed by atoms with van der Waals surface area (Å²) in [5, 5.41) is 2.48. The van der Waals surface area contributed by atoms with Crippen LogP contribution in [0.3, 0.4) is 0 Å². The molecule has 1 aliphatic heterocycles. The molecule has 4 rings (SSSR count). The van der Waals surface area contributed by atoms with E-state index in [0.29, 0.717) is 22.8 Å². The minimum absolute atomic E-state index is 0.0133. The second-order valence-corrected chi connectivity index (χ2v) is 10.7. The number of sulfonamides is 1. The van der Waals surface area contributed by atoms with Gasteiger partial charge in [-0.25, -0.2) is 21.5 Å². The van der Waals surface area contributed by atoms with E-state index in [2.05, 4.69) is 5.32 Å². The molecule has 0 saturated carbocycles. The van der Waals surface area contributed by atoms with Crippen LogP contribution in [0.25, 0.3) is 5.69 Å². The lowest BCUT2D eigenvalue weighted by Gasteiger charge is -2.18. The number of likely N-dealkylation sites (N-methyl/N-ethyl adjacent to an activating group) is 1. The lowest BCUT2D eigenvalue weighted by atomic mass is 10.2. The van der Waals surface area contributed by atoms with Crippen LogP contribution in [-0.4, -0.2) is 45.4 Å². The Morgan fingerprint density at radius 2 is 1.86 bits per heavy atom. The molecule has 1 amide bonds. The molecule has 3 aromatic rings. The van der Waals surface area contributed by atoms with Gasteiger partial charge in [0.05, 0.1) is 29.9 Å². The van der Waals surface area contributed by atoms with Crippen molar-refractivity contribution in [3.63, 3.8) is 0 Å². The van der Waals surface area contributed by atoms with E-state index in [1.54, 1.807) is 20.0 Å². The van der Waals surface area contributed by atoms with Crippen LogP contribution in [-0.2, 0) is 21.4 Å². The number of aryl methyl sites for hydroxylation is 1. The fraction of sp³-hybridized carbons (Fsp3) is 0.250. The molecule has 2 heterocycles. The number of benzene rings is 2. The molecule has 2 aromatic carbocycles. The van der Waals surface area contributed by atoms with Crippen molar-refractivity contribution in [2.45, 2.75) is 13.5 Å². The van der Waals surface area contributed by atoms with Gasteiger partial charge in [-0.15, -0.1) is 0 Å². The molecular weight excluding hydrogens is 530 g/mol. The summed E-state index contributed by atoms with van der Waals surface area (Å²) in [6.07, 6.45) is 1.04. The number of ether oxygens (including phenoxy) is 1. The zero-order valence-corrected chi connectivity index (χ0v) is 21.7. The molecule has 0 atom stereocenters. The number of nitrogens with one attached hydrogen (secondary N) is 1. The molecular formula is C24H23ClF2N4O5S. The second-order valence-electron chi connectivity index (χ2n) is 8.41. The maximum atomic E-state index is 14.0. The summed E-state index contributed by atoms with van der Waals surface area (Å²) in [5.74, 6) is -1.86. The van der Waals surface area contributed by atoms with Crippen molar-refractivity contribution in [2.24, 2.45) is 0 Å². The number of pyridine rings is 1. The third-order valence-corrected chi connectivity index (χ3v) is 7.23. The lowest BCUT2D eigenvalue weighted by molar-refractivity contribution is -0.117. The monoisotopic (exact) mass is 552 g/mol. The number of carbonyl (C=O) groups excluding carboxylic acids is 1. The van der Waals surface area contributed by atoms with E-state index in [0.717, 1.165) is 22.7 Å². The Bertz CT molecular complexity index is 1560. The van der Waals surface area contributed by atoms with Crippen molar-refractivity contribution < 1.29 is 26.7 Å². The van der Waals surface area contributed by atoms with Crippen LogP contribution in [0.1, 0.15) is 11.3 Å². The van der Waals surface area contributed by atoms with E-state index in [4.69, 9.17) is 16.3 Å². The van der Waals surface area contributed by atoms with Gasteiger partial charge >= 0.3 is 0 Å². The lowest BCUT2D eigenvalue weighted by Crippen LogP contribution is -2.41. The van der Waals surface area contributed by atoms with Gasteiger partial charge in [-0.1, -0.05) is 11.6 Å². The van der Waals surface area contributed by atoms with Crippen molar-refractivity contribution in [1.82, 2.24) is 9.88 Å². The van der Waals surface area contributed by atoms with Crippen LogP contribution in [0.15, 0.2) is 47.3 Å².